The first kappa shape index (κ1) is 15.9. The van der Waals surface area contributed by atoms with Crippen LogP contribution in [0.15, 0.2) is 0 Å². The first-order valence-electron chi connectivity index (χ1n) is 7.36. The van der Waals surface area contributed by atoms with Crippen LogP contribution in [0.5, 0.6) is 0 Å². The molecule has 0 aromatic heterocycles. The van der Waals surface area contributed by atoms with Crippen molar-refractivity contribution in [2.75, 3.05) is 6.54 Å². The highest BCUT2D eigenvalue weighted by Crippen LogP contribution is 2.40. The molecule has 0 aromatic rings. The lowest BCUT2D eigenvalue weighted by Gasteiger charge is -2.42. The van der Waals surface area contributed by atoms with Gasteiger partial charge in [-0.3, -0.25) is 4.79 Å². The Hall–Kier alpha value is -0.433. The third kappa shape index (κ3) is 2.79. The molecule has 0 saturated carbocycles. The number of aliphatic hydroxyl groups excluding tert-OH is 2. The Balaban J connectivity index is 2.13. The minimum Gasteiger partial charge on any atom is -0.411 e. The lowest BCUT2D eigenvalue weighted by molar-refractivity contribution is -0.136. The molecule has 2 saturated heterocycles. The molecule has 1 amide bonds. The van der Waals surface area contributed by atoms with E-state index in [0.29, 0.717) is 12.8 Å². The van der Waals surface area contributed by atoms with E-state index in [1.807, 2.05) is 0 Å². The number of nitrogens with zero attached hydrogens (tertiary/aromatic N) is 1. The highest BCUT2D eigenvalue weighted by atomic mass is 28.4. The van der Waals surface area contributed by atoms with E-state index in [0.717, 1.165) is 0 Å². The van der Waals surface area contributed by atoms with Crippen LogP contribution in [0.2, 0.25) is 18.1 Å². The van der Waals surface area contributed by atoms with Gasteiger partial charge in [-0.2, -0.15) is 0 Å². The van der Waals surface area contributed by atoms with Crippen LogP contribution in [0, 0.1) is 0 Å². The van der Waals surface area contributed by atoms with Crippen molar-refractivity contribution in [3.8, 4) is 0 Å². The summed E-state index contributed by atoms with van der Waals surface area (Å²) in [5.74, 6) is 0.0321. The highest BCUT2D eigenvalue weighted by molar-refractivity contribution is 6.74. The maximum atomic E-state index is 12.1. The van der Waals surface area contributed by atoms with Crippen molar-refractivity contribution in [3.63, 3.8) is 0 Å². The van der Waals surface area contributed by atoms with Crippen LogP contribution < -0.4 is 0 Å². The molecule has 5 nitrogen and oxygen atoms in total. The van der Waals surface area contributed by atoms with Crippen molar-refractivity contribution in [1.29, 1.82) is 0 Å². The van der Waals surface area contributed by atoms with Gasteiger partial charge < -0.3 is 19.5 Å². The standard InChI is InChI=1S/C14H27NO4Si/c1-14(2,3)20(4,5)19-12-7-13(18)15-8-11(17)10(16)6-9(12)15/h9-12,16-17H,6-8H2,1-5H3/t9-,10+,11-,12-/m1/s1. The lowest BCUT2D eigenvalue weighted by Crippen LogP contribution is -2.55. The molecule has 0 aromatic carbocycles. The fourth-order valence-electron chi connectivity index (χ4n) is 2.73. The summed E-state index contributed by atoms with van der Waals surface area (Å²) in [6, 6.07) is -0.0879. The maximum Gasteiger partial charge on any atom is 0.225 e. The van der Waals surface area contributed by atoms with Gasteiger partial charge in [0.1, 0.15) is 0 Å². The van der Waals surface area contributed by atoms with Crippen molar-refractivity contribution in [3.05, 3.63) is 0 Å². The molecular formula is C14H27NO4Si. The second-order valence-corrected chi connectivity index (χ2v) is 12.4. The van der Waals surface area contributed by atoms with Gasteiger partial charge in [-0.1, -0.05) is 20.8 Å². The Morgan fingerprint density at radius 3 is 2.40 bits per heavy atom. The van der Waals surface area contributed by atoms with Crippen LogP contribution in [-0.4, -0.2) is 60.2 Å². The summed E-state index contributed by atoms with van der Waals surface area (Å²) < 4.78 is 6.37. The van der Waals surface area contributed by atoms with Crippen LogP contribution >= 0.6 is 0 Å². The number of hydrogen-bond donors (Lipinski definition) is 2. The van der Waals surface area contributed by atoms with Gasteiger partial charge in [0.15, 0.2) is 8.32 Å². The number of aliphatic hydroxyl groups is 2. The zero-order valence-electron chi connectivity index (χ0n) is 13.1. The van der Waals surface area contributed by atoms with Crippen molar-refractivity contribution < 1.29 is 19.4 Å². The summed E-state index contributed by atoms with van der Waals surface area (Å²) in [5.41, 5.74) is 0. The summed E-state index contributed by atoms with van der Waals surface area (Å²) in [5, 5.41) is 19.7. The Morgan fingerprint density at radius 2 is 1.85 bits per heavy atom. The van der Waals surface area contributed by atoms with Gasteiger partial charge in [-0.25, -0.2) is 0 Å². The average Bonchev–Trinajstić information content (AvgIpc) is 2.55. The number of fused-ring (bicyclic) bond motifs is 1. The van der Waals surface area contributed by atoms with Gasteiger partial charge in [0.05, 0.1) is 30.8 Å². The molecule has 0 unspecified atom stereocenters. The topological polar surface area (TPSA) is 70.0 Å². The van der Waals surface area contributed by atoms with Crippen LogP contribution in [0.3, 0.4) is 0 Å². The third-order valence-corrected chi connectivity index (χ3v) is 9.59. The predicted octanol–water partition coefficient (Wildman–Crippen LogP) is 1.10. The van der Waals surface area contributed by atoms with Gasteiger partial charge in [0.25, 0.3) is 0 Å². The first-order chi connectivity index (χ1) is 9.03. The number of hydrogen-bond acceptors (Lipinski definition) is 4. The molecule has 0 bridgehead atoms. The molecule has 2 aliphatic heterocycles. The minimum absolute atomic E-state index is 0.0321. The lowest BCUT2D eigenvalue weighted by atomic mass is 9.96. The van der Waals surface area contributed by atoms with Gasteiger partial charge in [-0.05, 0) is 24.6 Å². The number of amides is 1. The van der Waals surface area contributed by atoms with Crippen molar-refractivity contribution in [2.45, 2.75) is 76.1 Å². The van der Waals surface area contributed by atoms with Gasteiger partial charge in [0, 0.05) is 6.54 Å². The molecule has 0 spiro atoms. The fourth-order valence-corrected chi connectivity index (χ4v) is 4.08. The number of rotatable bonds is 2. The smallest absolute Gasteiger partial charge is 0.225 e. The van der Waals surface area contributed by atoms with Crippen LogP contribution in [0.1, 0.15) is 33.6 Å². The van der Waals surface area contributed by atoms with E-state index < -0.39 is 20.5 Å². The average molecular weight is 301 g/mol. The molecule has 4 atom stereocenters. The largest absolute Gasteiger partial charge is 0.411 e. The van der Waals surface area contributed by atoms with Crippen LogP contribution in [-0.2, 0) is 9.22 Å². The van der Waals surface area contributed by atoms with E-state index >= 15 is 0 Å². The summed E-state index contributed by atoms with van der Waals surface area (Å²) in [6.07, 6.45) is -0.956. The van der Waals surface area contributed by atoms with E-state index in [1.54, 1.807) is 4.90 Å². The summed E-state index contributed by atoms with van der Waals surface area (Å²) in [7, 11) is -1.94. The van der Waals surface area contributed by atoms with Crippen LogP contribution in [0.25, 0.3) is 0 Å². The van der Waals surface area contributed by atoms with E-state index in [9.17, 15) is 15.0 Å². The van der Waals surface area contributed by atoms with Crippen LogP contribution in [0.4, 0.5) is 0 Å². The molecule has 2 heterocycles. The maximum absolute atomic E-state index is 12.1. The monoisotopic (exact) mass is 301 g/mol. The highest BCUT2D eigenvalue weighted by Gasteiger charge is 2.49. The summed E-state index contributed by atoms with van der Waals surface area (Å²) in [6.45, 7) is 11.1. The van der Waals surface area contributed by atoms with E-state index in [4.69, 9.17) is 4.43 Å². The molecule has 20 heavy (non-hydrogen) atoms. The van der Waals surface area contributed by atoms with E-state index in [1.165, 1.54) is 0 Å². The fraction of sp³-hybridized carbons (Fsp3) is 0.929. The van der Waals surface area contributed by atoms with E-state index in [2.05, 4.69) is 33.9 Å². The summed E-state index contributed by atoms with van der Waals surface area (Å²) >= 11 is 0. The number of piperidine rings is 1. The number of carbonyl (C=O) groups is 1. The van der Waals surface area contributed by atoms with Crippen molar-refractivity contribution in [2.24, 2.45) is 0 Å². The molecule has 2 rings (SSSR count). The van der Waals surface area contributed by atoms with Crippen molar-refractivity contribution in [1.82, 2.24) is 4.90 Å². The Bertz CT molecular complexity index is 393. The SMILES string of the molecule is CC(C)(C)[Si](C)(C)O[C@@H]1CC(=O)N2C[C@@H](O)[C@@H](O)C[C@H]12. The first-order valence-corrected chi connectivity index (χ1v) is 10.3. The molecule has 0 aliphatic carbocycles. The quantitative estimate of drug-likeness (QED) is 0.750. The van der Waals surface area contributed by atoms with E-state index in [-0.39, 0.29) is 29.6 Å². The van der Waals surface area contributed by atoms with Crippen molar-refractivity contribution >= 4 is 14.2 Å². The molecule has 2 N–H and O–H groups in total. The molecule has 2 fully saturated rings. The normalized spacial score (nSPS) is 35.4. The third-order valence-electron chi connectivity index (χ3n) is 5.09. The van der Waals surface area contributed by atoms with Gasteiger partial charge in [-0.15, -0.1) is 0 Å². The molecule has 6 heteroatoms. The Morgan fingerprint density at radius 1 is 1.25 bits per heavy atom. The van der Waals surface area contributed by atoms with Gasteiger partial charge >= 0.3 is 0 Å². The minimum atomic E-state index is -1.94. The Labute approximate surface area is 122 Å². The Kier molecular flexibility index (Phi) is 4.05. The molecule has 2 aliphatic rings. The zero-order valence-corrected chi connectivity index (χ0v) is 14.1. The predicted molar refractivity (Wildman–Crippen MR) is 78.8 cm³/mol. The summed E-state index contributed by atoms with van der Waals surface area (Å²) in [4.78, 5) is 13.8. The molecule has 0 radical (unpaired) electrons. The second-order valence-electron chi connectivity index (χ2n) is 7.60. The number of carbonyl (C=O) groups excluding carboxylic acids is 1. The second kappa shape index (κ2) is 5.09. The molecule has 116 valence electrons. The van der Waals surface area contributed by atoms with Gasteiger partial charge in [0.2, 0.25) is 5.91 Å². The zero-order chi connectivity index (χ0) is 15.3. The molecular weight excluding hydrogens is 274 g/mol.